The third kappa shape index (κ3) is 6.95. The molecule has 0 aromatic heterocycles. The number of ether oxygens (including phenoxy) is 1. The summed E-state index contributed by atoms with van der Waals surface area (Å²) in [4.78, 5) is 35.8. The van der Waals surface area contributed by atoms with Crippen LogP contribution in [0.15, 0.2) is 24.3 Å². The highest BCUT2D eigenvalue weighted by Gasteiger charge is 2.11. The maximum atomic E-state index is 12.0. The van der Waals surface area contributed by atoms with E-state index in [1.165, 1.54) is 4.90 Å². The molecule has 0 radical (unpaired) electrons. The molecule has 0 aliphatic rings. The lowest BCUT2D eigenvalue weighted by Gasteiger charge is -2.16. The van der Waals surface area contributed by atoms with Gasteiger partial charge in [-0.3, -0.25) is 14.4 Å². The molecule has 1 N–H and O–H groups in total. The summed E-state index contributed by atoms with van der Waals surface area (Å²) < 4.78 is 5.04. The standard InChI is InChI=1S/C17H23NO5/c1-18(12-4-7-17(21)22)16(20)6-3-5-15(19)13-8-10-14(23-2)11-9-13/h8-11H,3-7,12H2,1-2H3,(H,21,22). The van der Waals surface area contributed by atoms with Crippen molar-refractivity contribution in [3.05, 3.63) is 29.8 Å². The number of hydrogen-bond acceptors (Lipinski definition) is 4. The Kier molecular flexibility index (Phi) is 7.80. The number of amides is 1. The average molecular weight is 321 g/mol. The average Bonchev–Trinajstić information content (AvgIpc) is 2.54. The van der Waals surface area contributed by atoms with Gasteiger partial charge in [0.25, 0.3) is 0 Å². The normalized spacial score (nSPS) is 10.2. The molecule has 0 spiro atoms. The van der Waals surface area contributed by atoms with Gasteiger partial charge in [-0.2, -0.15) is 0 Å². The number of carbonyl (C=O) groups excluding carboxylic acids is 2. The number of methoxy groups -OCH3 is 1. The minimum atomic E-state index is -0.865. The molecule has 0 aliphatic heterocycles. The van der Waals surface area contributed by atoms with E-state index in [1.54, 1.807) is 38.4 Å². The smallest absolute Gasteiger partial charge is 0.303 e. The minimum Gasteiger partial charge on any atom is -0.497 e. The van der Waals surface area contributed by atoms with E-state index < -0.39 is 5.97 Å². The van der Waals surface area contributed by atoms with Crippen molar-refractivity contribution in [2.24, 2.45) is 0 Å². The Morgan fingerprint density at radius 3 is 2.26 bits per heavy atom. The number of carboxylic acids is 1. The minimum absolute atomic E-state index is 0.00557. The lowest BCUT2D eigenvalue weighted by Crippen LogP contribution is -2.27. The Balaban J connectivity index is 2.30. The summed E-state index contributed by atoms with van der Waals surface area (Å²) in [6.07, 6.45) is 1.55. The lowest BCUT2D eigenvalue weighted by atomic mass is 10.1. The van der Waals surface area contributed by atoms with Crippen LogP contribution in [0.2, 0.25) is 0 Å². The zero-order valence-corrected chi connectivity index (χ0v) is 13.6. The number of aliphatic carboxylic acids is 1. The van der Waals surface area contributed by atoms with E-state index in [1.807, 2.05) is 0 Å². The predicted octanol–water partition coefficient (Wildman–Crippen LogP) is 2.37. The first-order valence-corrected chi connectivity index (χ1v) is 7.57. The summed E-state index contributed by atoms with van der Waals surface area (Å²) >= 11 is 0. The molecule has 0 bridgehead atoms. The molecule has 0 atom stereocenters. The number of carbonyl (C=O) groups is 3. The molecule has 6 heteroatoms. The van der Waals surface area contributed by atoms with Crippen molar-refractivity contribution in [3.8, 4) is 5.75 Å². The van der Waals surface area contributed by atoms with Crippen molar-refractivity contribution in [1.29, 1.82) is 0 Å². The van der Waals surface area contributed by atoms with Crippen molar-refractivity contribution in [3.63, 3.8) is 0 Å². The van der Waals surface area contributed by atoms with Crippen LogP contribution in [0.25, 0.3) is 0 Å². The summed E-state index contributed by atoms with van der Waals surface area (Å²) in [5.74, 6) is -0.248. The molecule has 0 heterocycles. The monoisotopic (exact) mass is 321 g/mol. The highest BCUT2D eigenvalue weighted by atomic mass is 16.5. The fraction of sp³-hybridized carbons (Fsp3) is 0.471. The maximum Gasteiger partial charge on any atom is 0.303 e. The molecular formula is C17H23NO5. The second-order valence-corrected chi connectivity index (χ2v) is 5.32. The molecule has 0 saturated carbocycles. The van der Waals surface area contributed by atoms with Crippen LogP contribution in [-0.4, -0.2) is 48.4 Å². The molecule has 0 saturated heterocycles. The molecule has 1 aromatic rings. The zero-order valence-electron chi connectivity index (χ0n) is 13.6. The van der Waals surface area contributed by atoms with Crippen molar-refractivity contribution in [1.82, 2.24) is 4.90 Å². The van der Waals surface area contributed by atoms with E-state index in [0.29, 0.717) is 37.1 Å². The largest absolute Gasteiger partial charge is 0.497 e. The summed E-state index contributed by atoms with van der Waals surface area (Å²) in [7, 11) is 3.21. The Labute approximate surface area is 136 Å². The molecule has 0 unspecified atom stereocenters. The topological polar surface area (TPSA) is 83.9 Å². The van der Waals surface area contributed by atoms with Gasteiger partial charge in [0.05, 0.1) is 7.11 Å². The number of benzene rings is 1. The molecule has 0 aliphatic carbocycles. The highest BCUT2D eigenvalue weighted by Crippen LogP contribution is 2.14. The van der Waals surface area contributed by atoms with Crippen LogP contribution in [0.5, 0.6) is 5.75 Å². The van der Waals surface area contributed by atoms with Gasteiger partial charge in [-0.15, -0.1) is 0 Å². The molecular weight excluding hydrogens is 298 g/mol. The summed E-state index contributed by atoms with van der Waals surface area (Å²) in [5, 5.41) is 8.56. The Morgan fingerprint density at radius 2 is 1.70 bits per heavy atom. The van der Waals surface area contributed by atoms with Gasteiger partial charge >= 0.3 is 5.97 Å². The van der Waals surface area contributed by atoms with Gasteiger partial charge in [0.2, 0.25) is 5.91 Å². The van der Waals surface area contributed by atoms with Gasteiger partial charge in [-0.1, -0.05) is 0 Å². The quantitative estimate of drug-likeness (QED) is 0.669. The number of nitrogens with zero attached hydrogens (tertiary/aromatic N) is 1. The summed E-state index contributed by atoms with van der Waals surface area (Å²) in [6.45, 7) is 0.414. The third-order valence-electron chi connectivity index (χ3n) is 3.52. The van der Waals surface area contributed by atoms with Gasteiger partial charge in [-0.05, 0) is 37.1 Å². The van der Waals surface area contributed by atoms with E-state index in [0.717, 1.165) is 0 Å². The number of rotatable bonds is 10. The Hall–Kier alpha value is -2.37. The first-order valence-electron chi connectivity index (χ1n) is 7.57. The van der Waals surface area contributed by atoms with Crippen LogP contribution >= 0.6 is 0 Å². The van der Waals surface area contributed by atoms with Gasteiger partial charge in [0.15, 0.2) is 5.78 Å². The van der Waals surface area contributed by atoms with E-state index in [9.17, 15) is 14.4 Å². The first-order chi connectivity index (χ1) is 10.9. The number of hydrogen-bond donors (Lipinski definition) is 1. The third-order valence-corrected chi connectivity index (χ3v) is 3.52. The molecule has 126 valence electrons. The SMILES string of the molecule is COc1ccc(C(=O)CCCC(=O)N(C)CCCC(=O)O)cc1. The molecule has 23 heavy (non-hydrogen) atoms. The van der Waals surface area contributed by atoms with Crippen LogP contribution in [-0.2, 0) is 9.59 Å². The van der Waals surface area contributed by atoms with Gasteiger partial charge in [0.1, 0.15) is 5.75 Å². The first kappa shape index (κ1) is 18.7. The molecule has 1 rings (SSSR count). The van der Waals surface area contributed by atoms with Crippen LogP contribution in [0.4, 0.5) is 0 Å². The molecule has 0 fully saturated rings. The van der Waals surface area contributed by atoms with Crippen molar-refractivity contribution in [2.75, 3.05) is 20.7 Å². The van der Waals surface area contributed by atoms with Crippen molar-refractivity contribution >= 4 is 17.7 Å². The second kappa shape index (κ2) is 9.61. The van der Waals surface area contributed by atoms with Crippen LogP contribution in [0.1, 0.15) is 42.5 Å². The maximum absolute atomic E-state index is 12.0. The lowest BCUT2D eigenvalue weighted by molar-refractivity contribution is -0.138. The van der Waals surface area contributed by atoms with Crippen molar-refractivity contribution in [2.45, 2.75) is 32.1 Å². The van der Waals surface area contributed by atoms with E-state index in [-0.39, 0.29) is 24.5 Å². The fourth-order valence-electron chi connectivity index (χ4n) is 2.10. The molecule has 6 nitrogen and oxygen atoms in total. The predicted molar refractivity (Wildman–Crippen MR) is 85.7 cm³/mol. The van der Waals surface area contributed by atoms with Gasteiger partial charge in [0, 0.05) is 38.4 Å². The number of carboxylic acid groups (broad SMARTS) is 1. The number of ketones is 1. The summed E-state index contributed by atoms with van der Waals surface area (Å²) in [5.41, 5.74) is 0.605. The Morgan fingerprint density at radius 1 is 1.04 bits per heavy atom. The van der Waals surface area contributed by atoms with Crippen LogP contribution in [0.3, 0.4) is 0 Å². The Bertz CT molecular complexity index is 538. The molecule has 1 aromatic carbocycles. The van der Waals surface area contributed by atoms with Gasteiger partial charge < -0.3 is 14.7 Å². The van der Waals surface area contributed by atoms with E-state index >= 15 is 0 Å². The van der Waals surface area contributed by atoms with Gasteiger partial charge in [-0.25, -0.2) is 0 Å². The van der Waals surface area contributed by atoms with Crippen molar-refractivity contribution < 1.29 is 24.2 Å². The second-order valence-electron chi connectivity index (χ2n) is 5.32. The zero-order chi connectivity index (χ0) is 17.2. The van der Waals surface area contributed by atoms with E-state index in [2.05, 4.69) is 0 Å². The van der Waals surface area contributed by atoms with Crippen LogP contribution < -0.4 is 4.74 Å². The highest BCUT2D eigenvalue weighted by molar-refractivity contribution is 5.96. The summed E-state index contributed by atoms with van der Waals surface area (Å²) in [6, 6.07) is 6.88. The molecule has 1 amide bonds. The fourth-order valence-corrected chi connectivity index (χ4v) is 2.10. The van der Waals surface area contributed by atoms with Crippen LogP contribution in [0, 0.1) is 0 Å². The number of Topliss-reactive ketones (excluding diaryl/α,β-unsaturated/α-hetero) is 1. The van der Waals surface area contributed by atoms with E-state index in [4.69, 9.17) is 9.84 Å².